The summed E-state index contributed by atoms with van der Waals surface area (Å²) < 4.78 is 5.26. The number of nitrogens with zero attached hydrogens (tertiary/aromatic N) is 2. The fourth-order valence-electron chi connectivity index (χ4n) is 0.616. The molecule has 1 N–H and O–H groups in total. The van der Waals surface area contributed by atoms with Gasteiger partial charge in [0.25, 0.3) is 0 Å². The fraction of sp³-hybridized carbons (Fsp3) is 0.667. The lowest BCUT2D eigenvalue weighted by atomic mass is 10.5. The SMILES string of the molecule is CC[N+](C)(C)c1n[nH]c(=O)o1. The minimum Gasteiger partial charge on any atom is -0.343 e. The van der Waals surface area contributed by atoms with Crippen LogP contribution in [0.1, 0.15) is 6.92 Å². The molecule has 0 amide bonds. The average molecular weight is 158 g/mol. The summed E-state index contributed by atoms with van der Waals surface area (Å²) in [4.78, 5) is 10.6. The average Bonchev–Trinajstić information content (AvgIpc) is 2.36. The first-order chi connectivity index (χ1) is 5.06. The molecule has 0 aromatic carbocycles. The zero-order valence-electron chi connectivity index (χ0n) is 6.92. The second kappa shape index (κ2) is 2.50. The Hall–Kier alpha value is -1.10. The van der Waals surface area contributed by atoms with Crippen LogP contribution in [0.5, 0.6) is 0 Å². The third-order valence-electron chi connectivity index (χ3n) is 1.74. The quantitative estimate of drug-likeness (QED) is 0.614. The molecule has 1 aromatic rings. The molecule has 0 radical (unpaired) electrons. The van der Waals surface area contributed by atoms with Gasteiger partial charge in [-0.25, -0.2) is 14.4 Å². The molecule has 11 heavy (non-hydrogen) atoms. The molecule has 5 heteroatoms. The van der Waals surface area contributed by atoms with Gasteiger partial charge in [0.1, 0.15) is 0 Å². The Kier molecular flexibility index (Phi) is 1.82. The van der Waals surface area contributed by atoms with Crippen LogP contribution in [0.4, 0.5) is 6.01 Å². The highest BCUT2D eigenvalue weighted by Crippen LogP contribution is 2.10. The molecule has 0 aliphatic rings. The molecule has 62 valence electrons. The third-order valence-corrected chi connectivity index (χ3v) is 1.74. The number of quaternary nitrogens is 1. The van der Waals surface area contributed by atoms with Gasteiger partial charge in [0.2, 0.25) is 0 Å². The molecule has 0 unspecified atom stereocenters. The second-order valence-electron chi connectivity index (χ2n) is 2.90. The highest BCUT2D eigenvalue weighted by molar-refractivity contribution is 5.13. The Labute approximate surface area is 64.2 Å². The summed E-state index contributed by atoms with van der Waals surface area (Å²) in [6.45, 7) is 2.82. The summed E-state index contributed by atoms with van der Waals surface area (Å²) in [5, 5.41) is 5.95. The van der Waals surface area contributed by atoms with Gasteiger partial charge in [0.05, 0.1) is 20.6 Å². The maximum atomic E-state index is 10.6. The van der Waals surface area contributed by atoms with Crippen LogP contribution in [0, 0.1) is 0 Å². The van der Waals surface area contributed by atoms with Gasteiger partial charge in [-0.05, 0) is 6.92 Å². The molecular weight excluding hydrogens is 146 g/mol. The summed E-state index contributed by atoms with van der Waals surface area (Å²) in [6, 6.07) is 0.414. The standard InChI is InChI=1S/C6H11N3O2/c1-4-9(2,3)5-7-8-6(10)11-5/h4H2,1-3H3/p+1. The van der Waals surface area contributed by atoms with Crippen molar-refractivity contribution in [1.29, 1.82) is 0 Å². The summed E-state index contributed by atoms with van der Waals surface area (Å²) in [6.07, 6.45) is 0. The lowest BCUT2D eigenvalue weighted by molar-refractivity contribution is 0.323. The molecule has 0 aliphatic heterocycles. The van der Waals surface area contributed by atoms with E-state index in [9.17, 15) is 4.79 Å². The van der Waals surface area contributed by atoms with Gasteiger partial charge in [0.15, 0.2) is 0 Å². The van der Waals surface area contributed by atoms with Crippen molar-refractivity contribution in [1.82, 2.24) is 14.7 Å². The van der Waals surface area contributed by atoms with E-state index in [1.54, 1.807) is 0 Å². The highest BCUT2D eigenvalue weighted by Gasteiger charge is 2.22. The minimum absolute atomic E-state index is 0.414. The number of rotatable bonds is 2. The van der Waals surface area contributed by atoms with Crippen LogP contribution in [-0.2, 0) is 0 Å². The Morgan fingerprint density at radius 2 is 2.27 bits per heavy atom. The second-order valence-corrected chi connectivity index (χ2v) is 2.90. The van der Waals surface area contributed by atoms with Crippen LogP contribution in [0.15, 0.2) is 9.21 Å². The Balaban J connectivity index is 3.01. The van der Waals surface area contributed by atoms with Crippen molar-refractivity contribution >= 4 is 6.01 Å². The number of aromatic amines is 1. The molecule has 0 atom stereocenters. The van der Waals surface area contributed by atoms with Crippen LogP contribution in [0.3, 0.4) is 0 Å². The topological polar surface area (TPSA) is 58.9 Å². The van der Waals surface area contributed by atoms with Crippen molar-refractivity contribution in [2.24, 2.45) is 0 Å². The van der Waals surface area contributed by atoms with Crippen LogP contribution >= 0.6 is 0 Å². The summed E-state index contributed by atoms with van der Waals surface area (Å²) in [5.74, 6) is -0.500. The third kappa shape index (κ3) is 1.48. The molecule has 0 spiro atoms. The van der Waals surface area contributed by atoms with Crippen LogP contribution < -0.4 is 10.2 Å². The van der Waals surface area contributed by atoms with E-state index in [4.69, 9.17) is 4.42 Å². The van der Waals surface area contributed by atoms with E-state index < -0.39 is 5.76 Å². The number of nitrogens with one attached hydrogen (secondary N) is 1. The lowest BCUT2D eigenvalue weighted by Crippen LogP contribution is -2.40. The molecular formula is C6H12N3O2+. The molecule has 0 aliphatic carbocycles. The van der Waals surface area contributed by atoms with E-state index in [0.717, 1.165) is 6.54 Å². The van der Waals surface area contributed by atoms with Crippen molar-refractivity contribution < 1.29 is 4.42 Å². The molecule has 0 saturated heterocycles. The van der Waals surface area contributed by atoms with Crippen LogP contribution in [-0.4, -0.2) is 30.8 Å². The summed E-state index contributed by atoms with van der Waals surface area (Å²) in [5.41, 5.74) is 0. The van der Waals surface area contributed by atoms with Crippen molar-refractivity contribution in [3.05, 3.63) is 10.6 Å². The predicted octanol–water partition coefficient (Wildman–Crippen LogP) is -0.0503. The zero-order chi connectivity index (χ0) is 8.48. The molecule has 1 heterocycles. The predicted molar refractivity (Wildman–Crippen MR) is 41.3 cm³/mol. The molecule has 1 aromatic heterocycles. The molecule has 0 bridgehead atoms. The lowest BCUT2D eigenvalue weighted by Gasteiger charge is -2.20. The van der Waals surface area contributed by atoms with Gasteiger partial charge in [-0.3, -0.25) is 0 Å². The Bertz CT molecular complexity index is 286. The Morgan fingerprint density at radius 1 is 1.64 bits per heavy atom. The maximum absolute atomic E-state index is 10.6. The summed E-state index contributed by atoms with van der Waals surface area (Å²) in [7, 11) is 3.83. The maximum Gasteiger partial charge on any atom is 0.438 e. The molecule has 1 rings (SSSR count). The van der Waals surface area contributed by atoms with Crippen molar-refractivity contribution in [3.8, 4) is 0 Å². The first-order valence-electron chi connectivity index (χ1n) is 3.45. The van der Waals surface area contributed by atoms with E-state index in [-0.39, 0.29) is 0 Å². The van der Waals surface area contributed by atoms with Crippen molar-refractivity contribution in [2.75, 3.05) is 20.6 Å². The van der Waals surface area contributed by atoms with E-state index in [2.05, 4.69) is 10.2 Å². The minimum atomic E-state index is -0.500. The number of hydrogen-bond acceptors (Lipinski definition) is 3. The fourth-order valence-corrected chi connectivity index (χ4v) is 0.616. The van der Waals surface area contributed by atoms with Crippen LogP contribution in [0.25, 0.3) is 0 Å². The van der Waals surface area contributed by atoms with E-state index >= 15 is 0 Å². The van der Waals surface area contributed by atoms with E-state index in [1.165, 1.54) is 0 Å². The van der Waals surface area contributed by atoms with Gasteiger partial charge in [-0.2, -0.15) is 0 Å². The van der Waals surface area contributed by atoms with Gasteiger partial charge < -0.3 is 4.42 Å². The van der Waals surface area contributed by atoms with Gasteiger partial charge in [0, 0.05) is 0 Å². The van der Waals surface area contributed by atoms with Gasteiger partial charge >= 0.3 is 11.8 Å². The monoisotopic (exact) mass is 158 g/mol. The van der Waals surface area contributed by atoms with Crippen molar-refractivity contribution in [3.63, 3.8) is 0 Å². The first kappa shape index (κ1) is 8.00. The zero-order valence-corrected chi connectivity index (χ0v) is 6.92. The summed E-state index contributed by atoms with van der Waals surface area (Å²) >= 11 is 0. The smallest absolute Gasteiger partial charge is 0.343 e. The molecule has 5 nitrogen and oxygen atoms in total. The number of aromatic nitrogens is 2. The van der Waals surface area contributed by atoms with E-state index in [1.807, 2.05) is 21.0 Å². The van der Waals surface area contributed by atoms with Gasteiger partial charge in [-0.15, -0.1) is 0 Å². The normalized spacial score (nSPS) is 11.9. The first-order valence-corrected chi connectivity index (χ1v) is 3.45. The molecule has 0 fully saturated rings. The Morgan fingerprint density at radius 3 is 2.64 bits per heavy atom. The molecule has 0 saturated carbocycles. The highest BCUT2D eigenvalue weighted by atomic mass is 16.4. The van der Waals surface area contributed by atoms with E-state index in [0.29, 0.717) is 10.5 Å². The van der Waals surface area contributed by atoms with Gasteiger partial charge in [-0.1, -0.05) is 5.10 Å². The van der Waals surface area contributed by atoms with Crippen LogP contribution in [0.2, 0.25) is 0 Å². The number of hydrogen-bond donors (Lipinski definition) is 1. The van der Waals surface area contributed by atoms with Crippen molar-refractivity contribution in [2.45, 2.75) is 6.92 Å². The number of H-pyrrole nitrogens is 1. The largest absolute Gasteiger partial charge is 0.438 e.